The molecule has 0 radical (unpaired) electrons. The van der Waals surface area contributed by atoms with Crippen molar-refractivity contribution in [3.05, 3.63) is 33.8 Å². The third-order valence-electron chi connectivity index (χ3n) is 1.78. The topological polar surface area (TPSA) is 0 Å². The van der Waals surface area contributed by atoms with Crippen LogP contribution in [-0.2, 0) is 12.2 Å². The van der Waals surface area contributed by atoms with Crippen LogP contribution in [0.3, 0.4) is 0 Å². The summed E-state index contributed by atoms with van der Waals surface area (Å²) in [5.74, 6) is 1.10. The van der Waals surface area contributed by atoms with Gasteiger partial charge in [0.25, 0.3) is 0 Å². The summed E-state index contributed by atoms with van der Waals surface area (Å²) in [5, 5.41) is 1.02. The largest absolute Gasteiger partial charge is 0.161 e. The zero-order valence-corrected chi connectivity index (χ0v) is 11.5. The van der Waals surface area contributed by atoms with Crippen LogP contribution in [0.2, 0.25) is 0 Å². The Balaban J connectivity index is 2.83. The fourth-order valence-electron chi connectivity index (χ4n) is 1.18. The first kappa shape index (κ1) is 11.6. The molecule has 72 valence electrons. The van der Waals surface area contributed by atoms with E-state index in [-0.39, 0.29) is 0 Å². The van der Waals surface area contributed by atoms with E-state index < -0.39 is 0 Å². The Morgan fingerprint density at radius 3 is 2.77 bits per heavy atom. The molecule has 0 atom stereocenters. The Bertz CT molecular complexity index is 274. The Labute approximate surface area is 101 Å². The van der Waals surface area contributed by atoms with Crippen LogP contribution < -0.4 is 0 Å². The van der Waals surface area contributed by atoms with Crippen molar-refractivity contribution in [2.45, 2.75) is 12.2 Å². The third-order valence-corrected chi connectivity index (χ3v) is 3.58. The maximum atomic E-state index is 3.55. The molecule has 0 aliphatic heterocycles. The fourth-order valence-corrected chi connectivity index (χ4v) is 2.56. The third kappa shape index (κ3) is 3.64. The normalized spacial score (nSPS) is 10.4. The number of halogens is 2. The second kappa shape index (κ2) is 6.10. The minimum absolute atomic E-state index is 1.02. The van der Waals surface area contributed by atoms with Gasteiger partial charge in [-0.3, -0.25) is 0 Å². The summed E-state index contributed by atoms with van der Waals surface area (Å²) in [5.41, 5.74) is 2.80. The molecule has 0 nitrogen and oxygen atoms in total. The van der Waals surface area contributed by atoms with Crippen LogP contribution in [0.15, 0.2) is 22.7 Å². The molecular formula is C10H12Br2S. The molecule has 0 fully saturated rings. The monoisotopic (exact) mass is 322 g/mol. The van der Waals surface area contributed by atoms with Crippen molar-refractivity contribution in [1.82, 2.24) is 0 Å². The van der Waals surface area contributed by atoms with E-state index in [4.69, 9.17) is 0 Å². The van der Waals surface area contributed by atoms with Crippen LogP contribution in [0.25, 0.3) is 0 Å². The van der Waals surface area contributed by atoms with Gasteiger partial charge < -0.3 is 0 Å². The average Bonchev–Trinajstić information content (AvgIpc) is 2.12. The lowest BCUT2D eigenvalue weighted by Crippen LogP contribution is -1.90. The van der Waals surface area contributed by atoms with Crippen LogP contribution in [0.5, 0.6) is 0 Å². The zero-order valence-electron chi connectivity index (χ0n) is 7.52. The SMILES string of the molecule is CSCc1ccc(Br)c(CCBr)c1. The van der Waals surface area contributed by atoms with Gasteiger partial charge in [0.15, 0.2) is 0 Å². The Morgan fingerprint density at radius 2 is 2.15 bits per heavy atom. The molecule has 0 spiro atoms. The van der Waals surface area contributed by atoms with Crippen molar-refractivity contribution >= 4 is 43.6 Å². The molecule has 0 N–H and O–H groups in total. The summed E-state index contributed by atoms with van der Waals surface area (Å²) in [6.45, 7) is 0. The molecule has 0 aromatic heterocycles. The summed E-state index contributed by atoms with van der Waals surface area (Å²) >= 11 is 8.87. The van der Waals surface area contributed by atoms with E-state index in [9.17, 15) is 0 Å². The highest BCUT2D eigenvalue weighted by Gasteiger charge is 2.00. The van der Waals surface area contributed by atoms with Crippen LogP contribution in [0.4, 0.5) is 0 Å². The standard InChI is InChI=1S/C10H12Br2S/c1-13-7-8-2-3-10(12)9(6-8)4-5-11/h2-3,6H,4-5,7H2,1H3. The van der Waals surface area contributed by atoms with Crippen LogP contribution in [-0.4, -0.2) is 11.6 Å². The highest BCUT2D eigenvalue weighted by molar-refractivity contribution is 9.10. The van der Waals surface area contributed by atoms with E-state index in [0.29, 0.717) is 0 Å². The lowest BCUT2D eigenvalue weighted by molar-refractivity contribution is 1.14. The van der Waals surface area contributed by atoms with Gasteiger partial charge in [-0.1, -0.05) is 44.0 Å². The van der Waals surface area contributed by atoms with Crippen LogP contribution in [0, 0.1) is 0 Å². The van der Waals surface area contributed by atoms with Crippen molar-refractivity contribution in [2.75, 3.05) is 11.6 Å². The highest BCUT2D eigenvalue weighted by Crippen LogP contribution is 2.21. The predicted octanol–water partition coefficient (Wildman–Crippen LogP) is 4.25. The van der Waals surface area contributed by atoms with E-state index in [1.165, 1.54) is 15.6 Å². The smallest absolute Gasteiger partial charge is 0.0207 e. The van der Waals surface area contributed by atoms with Crippen molar-refractivity contribution in [3.63, 3.8) is 0 Å². The van der Waals surface area contributed by atoms with Gasteiger partial charge in [-0.15, -0.1) is 0 Å². The summed E-state index contributed by atoms with van der Waals surface area (Å²) in [6, 6.07) is 6.60. The number of alkyl halides is 1. The second-order valence-corrected chi connectivity index (χ2v) is 5.31. The molecule has 1 aromatic rings. The number of aryl methyl sites for hydroxylation is 1. The molecule has 0 aliphatic carbocycles. The number of hydrogen-bond acceptors (Lipinski definition) is 1. The predicted molar refractivity (Wildman–Crippen MR) is 68.9 cm³/mol. The van der Waals surface area contributed by atoms with Gasteiger partial charge >= 0.3 is 0 Å². The number of hydrogen-bond donors (Lipinski definition) is 0. The molecule has 0 amide bonds. The molecule has 0 saturated heterocycles. The maximum absolute atomic E-state index is 3.55. The van der Waals surface area contributed by atoms with Crippen LogP contribution in [0.1, 0.15) is 11.1 Å². The molecular weight excluding hydrogens is 312 g/mol. The van der Waals surface area contributed by atoms with E-state index in [0.717, 1.165) is 17.5 Å². The quantitative estimate of drug-likeness (QED) is 0.746. The number of rotatable bonds is 4. The van der Waals surface area contributed by atoms with Gasteiger partial charge in [0.1, 0.15) is 0 Å². The second-order valence-electron chi connectivity index (χ2n) is 2.80. The Kier molecular flexibility index (Phi) is 5.44. The maximum Gasteiger partial charge on any atom is 0.0207 e. The van der Waals surface area contributed by atoms with E-state index in [1.54, 1.807) is 0 Å². The number of benzene rings is 1. The Morgan fingerprint density at radius 1 is 1.38 bits per heavy atom. The van der Waals surface area contributed by atoms with E-state index >= 15 is 0 Å². The van der Waals surface area contributed by atoms with Crippen LogP contribution >= 0.6 is 43.6 Å². The molecule has 3 heteroatoms. The van der Waals surface area contributed by atoms with Gasteiger partial charge in [0, 0.05) is 15.6 Å². The van der Waals surface area contributed by atoms with Crippen molar-refractivity contribution in [2.24, 2.45) is 0 Å². The average molecular weight is 324 g/mol. The fraction of sp³-hybridized carbons (Fsp3) is 0.400. The van der Waals surface area contributed by atoms with Gasteiger partial charge in [0.2, 0.25) is 0 Å². The van der Waals surface area contributed by atoms with Gasteiger partial charge in [-0.2, -0.15) is 11.8 Å². The molecule has 0 heterocycles. The summed E-state index contributed by atoms with van der Waals surface area (Å²) in [7, 11) is 0. The van der Waals surface area contributed by atoms with E-state index in [1.807, 2.05) is 11.8 Å². The molecule has 0 saturated carbocycles. The molecule has 0 unspecified atom stereocenters. The highest BCUT2D eigenvalue weighted by atomic mass is 79.9. The van der Waals surface area contributed by atoms with Crippen molar-refractivity contribution in [1.29, 1.82) is 0 Å². The molecule has 0 aliphatic rings. The number of thioether (sulfide) groups is 1. The molecule has 0 bridgehead atoms. The molecule has 1 rings (SSSR count). The molecule has 1 aromatic carbocycles. The van der Waals surface area contributed by atoms with E-state index in [2.05, 4.69) is 56.3 Å². The molecule has 13 heavy (non-hydrogen) atoms. The lowest BCUT2D eigenvalue weighted by atomic mass is 10.1. The minimum Gasteiger partial charge on any atom is -0.161 e. The summed E-state index contributed by atoms with van der Waals surface area (Å²) < 4.78 is 1.22. The lowest BCUT2D eigenvalue weighted by Gasteiger charge is -2.05. The van der Waals surface area contributed by atoms with Gasteiger partial charge in [-0.05, 0) is 29.9 Å². The summed E-state index contributed by atoms with van der Waals surface area (Å²) in [6.07, 6.45) is 3.22. The van der Waals surface area contributed by atoms with Gasteiger partial charge in [0.05, 0.1) is 0 Å². The van der Waals surface area contributed by atoms with Gasteiger partial charge in [-0.25, -0.2) is 0 Å². The first-order chi connectivity index (χ1) is 6.27. The minimum atomic E-state index is 1.02. The van der Waals surface area contributed by atoms with Crippen molar-refractivity contribution < 1.29 is 0 Å². The zero-order chi connectivity index (χ0) is 9.68. The van der Waals surface area contributed by atoms with Crippen molar-refractivity contribution in [3.8, 4) is 0 Å². The Hall–Kier alpha value is 0.530. The first-order valence-electron chi connectivity index (χ1n) is 4.10. The summed E-state index contributed by atoms with van der Waals surface area (Å²) in [4.78, 5) is 0. The first-order valence-corrected chi connectivity index (χ1v) is 7.41.